The van der Waals surface area contributed by atoms with Crippen molar-refractivity contribution >= 4 is 17.8 Å². The summed E-state index contributed by atoms with van der Waals surface area (Å²) in [6.07, 6.45) is 0.625. The van der Waals surface area contributed by atoms with Gasteiger partial charge in [0.25, 0.3) is 0 Å². The zero-order valence-corrected chi connectivity index (χ0v) is 16.8. The van der Waals surface area contributed by atoms with Gasteiger partial charge in [-0.1, -0.05) is 40.6 Å². The molecular formula is C21H26FN3O3. The van der Waals surface area contributed by atoms with E-state index in [9.17, 15) is 4.39 Å². The van der Waals surface area contributed by atoms with Crippen molar-refractivity contribution in [3.63, 3.8) is 0 Å². The highest BCUT2D eigenvalue weighted by Crippen LogP contribution is 2.17. The maximum atomic E-state index is 13.0. The predicted octanol–water partition coefficient (Wildman–Crippen LogP) is 3.81. The molecule has 7 heteroatoms. The number of carbonyl (C=O) groups is 1. The number of benzene rings is 2. The maximum absolute atomic E-state index is 13.0. The van der Waals surface area contributed by atoms with E-state index in [1.54, 1.807) is 19.2 Å². The van der Waals surface area contributed by atoms with Crippen molar-refractivity contribution in [3.05, 3.63) is 70.5 Å². The van der Waals surface area contributed by atoms with Gasteiger partial charge in [0, 0.05) is 18.2 Å². The Labute approximate surface area is 165 Å². The van der Waals surface area contributed by atoms with Crippen molar-refractivity contribution in [3.8, 4) is 0 Å². The average molecular weight is 387 g/mol. The van der Waals surface area contributed by atoms with E-state index in [2.05, 4.69) is 15.6 Å². The van der Waals surface area contributed by atoms with Gasteiger partial charge in [-0.3, -0.25) is 4.79 Å². The number of hydrogen-bond acceptors (Lipinski definition) is 5. The highest BCUT2D eigenvalue weighted by atomic mass is 19.1. The van der Waals surface area contributed by atoms with E-state index >= 15 is 0 Å². The molecule has 0 bridgehead atoms. The lowest BCUT2D eigenvalue weighted by atomic mass is 10.00. The highest BCUT2D eigenvalue weighted by Gasteiger charge is 2.09. The minimum absolute atomic E-state index is 0.273. The molecule has 0 radical (unpaired) electrons. The number of aryl methyl sites for hydroxylation is 1. The summed E-state index contributed by atoms with van der Waals surface area (Å²) in [7, 11) is 3.08. The normalized spacial score (nSPS) is 11.2. The smallest absolute Gasteiger partial charge is 0.206 e. The first-order valence-electron chi connectivity index (χ1n) is 8.64. The third kappa shape index (κ3) is 7.19. The topological polar surface area (TPSA) is 72.3 Å². The van der Waals surface area contributed by atoms with Crippen molar-refractivity contribution in [1.29, 1.82) is 0 Å². The van der Waals surface area contributed by atoms with Gasteiger partial charge >= 0.3 is 0 Å². The third-order valence-electron chi connectivity index (χ3n) is 3.82. The minimum Gasteiger partial charge on any atom is -0.399 e. The first-order chi connectivity index (χ1) is 13.4. The Balaban J connectivity index is 0.000000892. The lowest BCUT2D eigenvalue weighted by Crippen LogP contribution is -2.05. The molecule has 0 atom stereocenters. The molecule has 0 aliphatic carbocycles. The number of amides is 1. The molecule has 0 aliphatic rings. The summed E-state index contributed by atoms with van der Waals surface area (Å²) in [5.41, 5.74) is 5.34. The standard InChI is InChI=1S/C19H21FN2O2.C2H5NO/c1-13-6-5-7-18(15(3)21-23-4)19(13)12-24-22-14(2)16-8-10-17(20)11-9-16;1-3-2-4/h5-11H,12H2,1-4H3;2H,1H3,(H,3,4)/b21-15-,22-14+;. The predicted molar refractivity (Wildman–Crippen MR) is 109 cm³/mol. The van der Waals surface area contributed by atoms with Gasteiger partial charge in [0.05, 0.1) is 11.4 Å². The van der Waals surface area contributed by atoms with E-state index in [1.807, 2.05) is 39.0 Å². The van der Waals surface area contributed by atoms with Gasteiger partial charge < -0.3 is 15.0 Å². The van der Waals surface area contributed by atoms with E-state index in [0.29, 0.717) is 18.7 Å². The van der Waals surface area contributed by atoms with Crippen LogP contribution in [0.5, 0.6) is 0 Å². The van der Waals surface area contributed by atoms with Gasteiger partial charge in [0.15, 0.2) is 0 Å². The van der Waals surface area contributed by atoms with Gasteiger partial charge in [-0.05, 0) is 44.0 Å². The third-order valence-corrected chi connectivity index (χ3v) is 3.82. The molecule has 0 aromatic heterocycles. The molecule has 2 rings (SSSR count). The summed E-state index contributed by atoms with van der Waals surface area (Å²) < 4.78 is 13.0. The molecule has 2 aromatic rings. The van der Waals surface area contributed by atoms with Gasteiger partial charge in [0.2, 0.25) is 6.41 Å². The fourth-order valence-electron chi connectivity index (χ4n) is 2.36. The van der Waals surface area contributed by atoms with E-state index < -0.39 is 0 Å². The zero-order chi connectivity index (χ0) is 20.9. The van der Waals surface area contributed by atoms with Crippen molar-refractivity contribution in [2.24, 2.45) is 10.3 Å². The number of oxime groups is 2. The van der Waals surface area contributed by atoms with Crippen LogP contribution in [0.25, 0.3) is 0 Å². The number of carbonyl (C=O) groups excluding carboxylic acids is 1. The molecule has 6 nitrogen and oxygen atoms in total. The molecule has 1 N–H and O–H groups in total. The summed E-state index contributed by atoms with van der Waals surface area (Å²) in [5, 5.41) is 10.4. The molecule has 0 heterocycles. The first kappa shape index (κ1) is 22.8. The van der Waals surface area contributed by atoms with Crippen LogP contribution in [0.3, 0.4) is 0 Å². The Morgan fingerprint density at radius 3 is 2.32 bits per heavy atom. The van der Waals surface area contributed by atoms with E-state index in [4.69, 9.17) is 14.5 Å². The van der Waals surface area contributed by atoms with Gasteiger partial charge in [0.1, 0.15) is 19.5 Å². The van der Waals surface area contributed by atoms with Crippen LogP contribution in [-0.2, 0) is 21.1 Å². The molecule has 0 spiro atoms. The number of rotatable bonds is 7. The van der Waals surface area contributed by atoms with Gasteiger partial charge in [-0.2, -0.15) is 0 Å². The fraction of sp³-hybridized carbons (Fsp3) is 0.286. The van der Waals surface area contributed by atoms with E-state index in [-0.39, 0.29) is 5.82 Å². The molecule has 28 heavy (non-hydrogen) atoms. The Kier molecular flexibility index (Phi) is 9.96. The fourth-order valence-corrected chi connectivity index (χ4v) is 2.36. The van der Waals surface area contributed by atoms with Crippen LogP contribution in [0.4, 0.5) is 4.39 Å². The molecule has 0 fully saturated rings. The second-order valence-corrected chi connectivity index (χ2v) is 5.82. The van der Waals surface area contributed by atoms with Crippen LogP contribution in [-0.4, -0.2) is 32.0 Å². The summed E-state index contributed by atoms with van der Waals surface area (Å²) in [4.78, 5) is 19.4. The van der Waals surface area contributed by atoms with Crippen LogP contribution in [0, 0.1) is 12.7 Å². The second-order valence-electron chi connectivity index (χ2n) is 5.82. The summed E-state index contributed by atoms with van der Waals surface area (Å²) in [6, 6.07) is 12.1. The van der Waals surface area contributed by atoms with Crippen molar-refractivity contribution in [2.75, 3.05) is 14.2 Å². The van der Waals surface area contributed by atoms with Crippen molar-refractivity contribution < 1.29 is 18.9 Å². The van der Waals surface area contributed by atoms with Crippen LogP contribution in [0.1, 0.15) is 36.1 Å². The Bertz CT molecular complexity index is 818. The van der Waals surface area contributed by atoms with E-state index in [1.165, 1.54) is 19.2 Å². The number of nitrogens with zero attached hydrogens (tertiary/aromatic N) is 2. The number of nitrogens with one attached hydrogen (secondary N) is 1. The Morgan fingerprint density at radius 1 is 1.11 bits per heavy atom. The van der Waals surface area contributed by atoms with Crippen molar-refractivity contribution in [1.82, 2.24) is 5.32 Å². The SMILES string of the molecule is CNC=O.CO/N=C(/C)c1cccc(C)c1CO/N=C(\C)c1ccc(F)cc1. The van der Waals surface area contributed by atoms with Gasteiger partial charge in [-0.15, -0.1) is 0 Å². The molecule has 1 amide bonds. The lowest BCUT2D eigenvalue weighted by Gasteiger charge is -2.11. The molecule has 2 aromatic carbocycles. The number of halogens is 1. The second kappa shape index (κ2) is 12.2. The quantitative estimate of drug-likeness (QED) is 0.446. The number of hydrogen-bond donors (Lipinski definition) is 1. The van der Waals surface area contributed by atoms with Crippen LogP contribution in [0.2, 0.25) is 0 Å². The van der Waals surface area contributed by atoms with Crippen LogP contribution < -0.4 is 5.32 Å². The first-order valence-corrected chi connectivity index (χ1v) is 8.64. The largest absolute Gasteiger partial charge is 0.399 e. The average Bonchev–Trinajstić information content (AvgIpc) is 2.70. The molecule has 0 saturated carbocycles. The molecule has 150 valence electrons. The highest BCUT2D eigenvalue weighted by molar-refractivity contribution is 6.00. The maximum Gasteiger partial charge on any atom is 0.206 e. The summed E-state index contributed by atoms with van der Waals surface area (Å²) in [5.74, 6) is -0.273. The minimum atomic E-state index is -0.273. The molecular weight excluding hydrogens is 361 g/mol. The monoisotopic (exact) mass is 387 g/mol. The van der Waals surface area contributed by atoms with Crippen LogP contribution in [0.15, 0.2) is 52.8 Å². The zero-order valence-electron chi connectivity index (χ0n) is 16.8. The summed E-state index contributed by atoms with van der Waals surface area (Å²) in [6.45, 7) is 6.04. The lowest BCUT2D eigenvalue weighted by molar-refractivity contribution is -0.109. The van der Waals surface area contributed by atoms with Crippen molar-refractivity contribution in [2.45, 2.75) is 27.4 Å². The Hall–Kier alpha value is -3.22. The summed E-state index contributed by atoms with van der Waals surface area (Å²) >= 11 is 0. The molecule has 0 saturated heterocycles. The van der Waals surface area contributed by atoms with Crippen LogP contribution >= 0.6 is 0 Å². The molecule has 0 unspecified atom stereocenters. The Morgan fingerprint density at radius 2 is 1.75 bits per heavy atom. The van der Waals surface area contributed by atoms with E-state index in [0.717, 1.165) is 28.0 Å². The molecule has 0 aliphatic heterocycles. The van der Waals surface area contributed by atoms with Gasteiger partial charge in [-0.25, -0.2) is 4.39 Å².